The van der Waals surface area contributed by atoms with Crippen LogP contribution in [0.5, 0.6) is 0 Å². The summed E-state index contributed by atoms with van der Waals surface area (Å²) in [6, 6.07) is 0.553. The lowest BCUT2D eigenvalue weighted by Crippen LogP contribution is -2.39. The third-order valence-corrected chi connectivity index (χ3v) is 2.99. The minimum Gasteiger partial charge on any atom is -0.382 e. The molecule has 0 amide bonds. The predicted molar refractivity (Wildman–Crippen MR) is 57.5 cm³/mol. The zero-order valence-corrected chi connectivity index (χ0v) is 9.58. The van der Waals surface area contributed by atoms with Crippen LogP contribution in [0.25, 0.3) is 0 Å². The fraction of sp³-hybridized carbons (Fsp3) is 1.00. The first kappa shape index (κ1) is 12.0. The Hall–Kier alpha value is -0.120. The minimum atomic E-state index is 0.333. The molecule has 1 saturated heterocycles. The average Bonchev–Trinajstić information content (AvgIpc) is 2.69. The molecule has 1 rings (SSSR count). The van der Waals surface area contributed by atoms with Gasteiger partial charge < -0.3 is 14.8 Å². The van der Waals surface area contributed by atoms with Crippen molar-refractivity contribution >= 4 is 0 Å². The summed E-state index contributed by atoms with van der Waals surface area (Å²) in [4.78, 5) is 0. The van der Waals surface area contributed by atoms with Crippen molar-refractivity contribution < 1.29 is 9.47 Å². The van der Waals surface area contributed by atoms with Gasteiger partial charge in [-0.05, 0) is 32.2 Å². The maximum absolute atomic E-state index is 5.42. The van der Waals surface area contributed by atoms with E-state index >= 15 is 0 Å². The Kier molecular flexibility index (Phi) is 5.45. The molecule has 1 fully saturated rings. The SMILES string of the molecule is CCNC(CC(C)OC)C1CCOC1. The molecular formula is C11H23NO2. The summed E-state index contributed by atoms with van der Waals surface area (Å²) in [6.45, 7) is 7.14. The Morgan fingerprint density at radius 1 is 1.57 bits per heavy atom. The maximum atomic E-state index is 5.42. The molecule has 0 aromatic rings. The summed E-state index contributed by atoms with van der Waals surface area (Å²) < 4.78 is 10.7. The van der Waals surface area contributed by atoms with Crippen molar-refractivity contribution in [2.75, 3.05) is 26.9 Å². The molecule has 0 aromatic carbocycles. The smallest absolute Gasteiger partial charge is 0.0558 e. The van der Waals surface area contributed by atoms with E-state index in [4.69, 9.17) is 9.47 Å². The van der Waals surface area contributed by atoms with Crippen molar-refractivity contribution in [1.29, 1.82) is 0 Å². The highest BCUT2D eigenvalue weighted by molar-refractivity contribution is 4.80. The van der Waals surface area contributed by atoms with E-state index in [1.807, 2.05) is 0 Å². The standard InChI is InChI=1S/C11H23NO2/c1-4-12-11(7-9(2)13-3)10-5-6-14-8-10/h9-12H,4-8H2,1-3H3. The molecule has 3 nitrogen and oxygen atoms in total. The molecule has 1 aliphatic rings. The van der Waals surface area contributed by atoms with Gasteiger partial charge in [-0.15, -0.1) is 0 Å². The van der Waals surface area contributed by atoms with Crippen LogP contribution in [0.3, 0.4) is 0 Å². The van der Waals surface area contributed by atoms with Crippen LogP contribution < -0.4 is 5.32 Å². The van der Waals surface area contributed by atoms with Crippen LogP contribution in [0.4, 0.5) is 0 Å². The summed E-state index contributed by atoms with van der Waals surface area (Å²) in [5.41, 5.74) is 0. The third-order valence-electron chi connectivity index (χ3n) is 2.99. The van der Waals surface area contributed by atoms with Gasteiger partial charge in [0.2, 0.25) is 0 Å². The average molecular weight is 201 g/mol. The summed E-state index contributed by atoms with van der Waals surface area (Å²) in [5.74, 6) is 0.674. The number of hydrogen-bond donors (Lipinski definition) is 1. The number of hydrogen-bond acceptors (Lipinski definition) is 3. The van der Waals surface area contributed by atoms with E-state index in [1.165, 1.54) is 6.42 Å². The first-order chi connectivity index (χ1) is 6.77. The van der Waals surface area contributed by atoms with Crippen molar-refractivity contribution in [2.24, 2.45) is 5.92 Å². The lowest BCUT2D eigenvalue weighted by atomic mass is 9.94. The quantitative estimate of drug-likeness (QED) is 0.705. The molecule has 0 bridgehead atoms. The first-order valence-corrected chi connectivity index (χ1v) is 5.61. The second-order valence-electron chi connectivity index (χ2n) is 4.07. The van der Waals surface area contributed by atoms with Crippen molar-refractivity contribution in [3.05, 3.63) is 0 Å². The van der Waals surface area contributed by atoms with Gasteiger partial charge in [-0.2, -0.15) is 0 Å². The third kappa shape index (κ3) is 3.56. The molecular weight excluding hydrogens is 178 g/mol. The minimum absolute atomic E-state index is 0.333. The monoisotopic (exact) mass is 201 g/mol. The van der Waals surface area contributed by atoms with E-state index in [0.29, 0.717) is 18.1 Å². The molecule has 0 aliphatic carbocycles. The van der Waals surface area contributed by atoms with Crippen molar-refractivity contribution in [3.63, 3.8) is 0 Å². The predicted octanol–water partition coefficient (Wildman–Crippen LogP) is 1.43. The van der Waals surface area contributed by atoms with Crippen molar-refractivity contribution in [2.45, 2.75) is 38.8 Å². The summed E-state index contributed by atoms with van der Waals surface area (Å²) in [5, 5.41) is 3.53. The molecule has 3 atom stereocenters. The lowest BCUT2D eigenvalue weighted by molar-refractivity contribution is 0.0891. The Bertz CT molecular complexity index is 146. The van der Waals surface area contributed by atoms with Gasteiger partial charge in [-0.1, -0.05) is 6.92 Å². The van der Waals surface area contributed by atoms with Crippen molar-refractivity contribution in [1.82, 2.24) is 5.32 Å². The van der Waals surface area contributed by atoms with Crippen LogP contribution in [0.15, 0.2) is 0 Å². The van der Waals surface area contributed by atoms with Crippen LogP contribution >= 0.6 is 0 Å². The maximum Gasteiger partial charge on any atom is 0.0558 e. The number of ether oxygens (including phenoxy) is 2. The van der Waals surface area contributed by atoms with Crippen LogP contribution in [0, 0.1) is 5.92 Å². The highest BCUT2D eigenvalue weighted by atomic mass is 16.5. The van der Waals surface area contributed by atoms with E-state index in [9.17, 15) is 0 Å². The molecule has 3 heteroatoms. The zero-order valence-electron chi connectivity index (χ0n) is 9.58. The molecule has 1 aliphatic heterocycles. The molecule has 0 saturated carbocycles. The molecule has 0 spiro atoms. The number of methoxy groups -OCH3 is 1. The van der Waals surface area contributed by atoms with Gasteiger partial charge in [0.15, 0.2) is 0 Å². The molecule has 0 radical (unpaired) electrons. The van der Waals surface area contributed by atoms with E-state index in [1.54, 1.807) is 7.11 Å². The van der Waals surface area contributed by atoms with Gasteiger partial charge in [-0.3, -0.25) is 0 Å². The number of nitrogens with one attached hydrogen (secondary N) is 1. The van der Waals surface area contributed by atoms with E-state index in [-0.39, 0.29) is 0 Å². The van der Waals surface area contributed by atoms with Crippen LogP contribution in [-0.2, 0) is 9.47 Å². The Morgan fingerprint density at radius 3 is 2.86 bits per heavy atom. The van der Waals surface area contributed by atoms with Crippen LogP contribution in [0.2, 0.25) is 0 Å². The second kappa shape index (κ2) is 6.38. The van der Waals surface area contributed by atoms with E-state index in [2.05, 4.69) is 19.2 Å². The fourth-order valence-electron chi connectivity index (χ4n) is 2.03. The van der Waals surface area contributed by atoms with Gasteiger partial charge >= 0.3 is 0 Å². The molecule has 1 heterocycles. The largest absolute Gasteiger partial charge is 0.382 e. The first-order valence-electron chi connectivity index (χ1n) is 5.61. The topological polar surface area (TPSA) is 30.5 Å². The van der Waals surface area contributed by atoms with Gasteiger partial charge in [0.05, 0.1) is 12.7 Å². The molecule has 0 aromatic heterocycles. The Labute approximate surface area is 87.2 Å². The Balaban J connectivity index is 2.36. The highest BCUT2D eigenvalue weighted by Gasteiger charge is 2.26. The van der Waals surface area contributed by atoms with Crippen molar-refractivity contribution in [3.8, 4) is 0 Å². The number of rotatable bonds is 6. The lowest BCUT2D eigenvalue weighted by Gasteiger charge is -2.25. The molecule has 3 unspecified atom stereocenters. The van der Waals surface area contributed by atoms with Gasteiger partial charge in [0, 0.05) is 19.8 Å². The molecule has 84 valence electrons. The summed E-state index contributed by atoms with van der Waals surface area (Å²) >= 11 is 0. The van der Waals surface area contributed by atoms with Crippen LogP contribution in [0.1, 0.15) is 26.7 Å². The van der Waals surface area contributed by atoms with E-state index < -0.39 is 0 Å². The summed E-state index contributed by atoms with van der Waals surface area (Å²) in [7, 11) is 1.78. The van der Waals surface area contributed by atoms with Gasteiger partial charge in [0.25, 0.3) is 0 Å². The highest BCUT2D eigenvalue weighted by Crippen LogP contribution is 2.20. The van der Waals surface area contributed by atoms with Gasteiger partial charge in [0.1, 0.15) is 0 Å². The second-order valence-corrected chi connectivity index (χ2v) is 4.07. The zero-order chi connectivity index (χ0) is 10.4. The van der Waals surface area contributed by atoms with Crippen LogP contribution in [-0.4, -0.2) is 39.0 Å². The summed E-state index contributed by atoms with van der Waals surface area (Å²) in [6.07, 6.45) is 2.60. The molecule has 14 heavy (non-hydrogen) atoms. The molecule has 1 N–H and O–H groups in total. The van der Waals surface area contributed by atoms with E-state index in [0.717, 1.165) is 26.2 Å². The Morgan fingerprint density at radius 2 is 2.36 bits per heavy atom. The normalized spacial score (nSPS) is 26.4. The van der Waals surface area contributed by atoms with Gasteiger partial charge in [-0.25, -0.2) is 0 Å². The fourth-order valence-corrected chi connectivity index (χ4v) is 2.03.